The summed E-state index contributed by atoms with van der Waals surface area (Å²) < 4.78 is 5.06. The van der Waals surface area contributed by atoms with Crippen LogP contribution in [0.25, 0.3) is 0 Å². The number of methoxy groups -OCH3 is 1. The zero-order valence-electron chi connectivity index (χ0n) is 11.2. The summed E-state index contributed by atoms with van der Waals surface area (Å²) in [6.07, 6.45) is 7.68. The Labute approximate surface area is 105 Å². The lowest BCUT2D eigenvalue weighted by Gasteiger charge is -2.20. The van der Waals surface area contributed by atoms with Gasteiger partial charge in [-0.15, -0.1) is 0 Å². The number of hydrogen-bond donors (Lipinski definition) is 1. The molecule has 3 heteroatoms. The molecule has 2 aliphatic rings. The van der Waals surface area contributed by atoms with E-state index in [1.807, 2.05) is 0 Å². The fraction of sp³-hybridized carbons (Fsp3) is 0.857. The van der Waals surface area contributed by atoms with Crippen molar-refractivity contribution in [2.24, 2.45) is 17.8 Å². The SMILES string of the molecule is COCCN(C)CCNCC1CC2C=CC1C2. The predicted molar refractivity (Wildman–Crippen MR) is 71.1 cm³/mol. The van der Waals surface area contributed by atoms with Crippen LogP contribution in [0, 0.1) is 17.8 Å². The van der Waals surface area contributed by atoms with Crippen LogP contribution in [0.15, 0.2) is 12.2 Å². The molecule has 1 saturated carbocycles. The highest BCUT2D eigenvalue weighted by Gasteiger charge is 2.34. The Morgan fingerprint density at radius 1 is 1.29 bits per heavy atom. The van der Waals surface area contributed by atoms with Crippen LogP contribution in [0.3, 0.4) is 0 Å². The van der Waals surface area contributed by atoms with E-state index in [0.29, 0.717) is 0 Å². The number of nitrogens with zero attached hydrogens (tertiary/aromatic N) is 1. The molecule has 0 heterocycles. The number of hydrogen-bond acceptors (Lipinski definition) is 3. The number of likely N-dealkylation sites (N-methyl/N-ethyl adjacent to an activating group) is 1. The lowest BCUT2D eigenvalue weighted by atomic mass is 9.94. The minimum Gasteiger partial charge on any atom is -0.383 e. The highest BCUT2D eigenvalue weighted by atomic mass is 16.5. The number of rotatable bonds is 8. The second-order valence-corrected chi connectivity index (χ2v) is 5.54. The lowest BCUT2D eigenvalue weighted by Crippen LogP contribution is -2.34. The molecule has 98 valence electrons. The molecule has 0 aliphatic heterocycles. The van der Waals surface area contributed by atoms with Crippen molar-refractivity contribution in [1.82, 2.24) is 10.2 Å². The maximum Gasteiger partial charge on any atom is 0.0589 e. The first-order valence-electron chi connectivity index (χ1n) is 6.86. The van der Waals surface area contributed by atoms with E-state index in [1.54, 1.807) is 7.11 Å². The number of fused-ring (bicyclic) bond motifs is 2. The van der Waals surface area contributed by atoms with Crippen molar-refractivity contribution in [1.29, 1.82) is 0 Å². The van der Waals surface area contributed by atoms with E-state index < -0.39 is 0 Å². The van der Waals surface area contributed by atoms with Crippen molar-refractivity contribution in [2.75, 3.05) is 46.9 Å². The second kappa shape index (κ2) is 6.53. The fourth-order valence-electron chi connectivity index (χ4n) is 3.05. The average Bonchev–Trinajstić information content (AvgIpc) is 2.94. The van der Waals surface area contributed by atoms with Crippen molar-refractivity contribution >= 4 is 0 Å². The van der Waals surface area contributed by atoms with Gasteiger partial charge < -0.3 is 15.0 Å². The molecule has 0 amide bonds. The van der Waals surface area contributed by atoms with E-state index in [9.17, 15) is 0 Å². The molecule has 1 fully saturated rings. The van der Waals surface area contributed by atoms with Crippen LogP contribution in [0.5, 0.6) is 0 Å². The van der Waals surface area contributed by atoms with Gasteiger partial charge in [0, 0.05) is 26.7 Å². The van der Waals surface area contributed by atoms with Crippen LogP contribution in [0.4, 0.5) is 0 Å². The minimum absolute atomic E-state index is 0.827. The van der Waals surface area contributed by atoms with E-state index in [1.165, 1.54) is 19.4 Å². The molecule has 3 nitrogen and oxygen atoms in total. The van der Waals surface area contributed by atoms with Crippen molar-refractivity contribution in [3.63, 3.8) is 0 Å². The molecule has 0 spiro atoms. The number of allylic oxidation sites excluding steroid dienone is 2. The molecule has 2 bridgehead atoms. The summed E-state index contributed by atoms with van der Waals surface area (Å²) in [5, 5.41) is 3.60. The van der Waals surface area contributed by atoms with Gasteiger partial charge in [0.25, 0.3) is 0 Å². The molecule has 0 aromatic rings. The Balaban J connectivity index is 1.50. The van der Waals surface area contributed by atoms with E-state index in [-0.39, 0.29) is 0 Å². The van der Waals surface area contributed by atoms with E-state index in [0.717, 1.165) is 44.0 Å². The monoisotopic (exact) mass is 238 g/mol. The van der Waals surface area contributed by atoms with E-state index in [2.05, 4.69) is 29.4 Å². The average molecular weight is 238 g/mol. The third-order valence-corrected chi connectivity index (χ3v) is 4.17. The summed E-state index contributed by atoms with van der Waals surface area (Å²) in [5.41, 5.74) is 0. The molecule has 3 atom stereocenters. The maximum absolute atomic E-state index is 5.06. The molecule has 0 aromatic carbocycles. The first-order chi connectivity index (χ1) is 8.29. The predicted octanol–water partition coefficient (Wildman–Crippen LogP) is 1.37. The Morgan fingerprint density at radius 3 is 2.82 bits per heavy atom. The molecule has 1 N–H and O–H groups in total. The molecule has 2 aliphatic carbocycles. The summed E-state index contributed by atoms with van der Waals surface area (Å²) in [5.74, 6) is 2.67. The van der Waals surface area contributed by atoms with Crippen LogP contribution in [0.2, 0.25) is 0 Å². The summed E-state index contributed by atoms with van der Waals surface area (Å²) in [4.78, 5) is 2.32. The van der Waals surface area contributed by atoms with Crippen LogP contribution in [-0.4, -0.2) is 51.8 Å². The highest BCUT2D eigenvalue weighted by Crippen LogP contribution is 2.42. The molecule has 0 saturated heterocycles. The van der Waals surface area contributed by atoms with Gasteiger partial charge in [0.2, 0.25) is 0 Å². The van der Waals surface area contributed by atoms with E-state index in [4.69, 9.17) is 4.74 Å². The van der Waals surface area contributed by atoms with Gasteiger partial charge in [-0.3, -0.25) is 0 Å². The first kappa shape index (κ1) is 13.1. The van der Waals surface area contributed by atoms with Crippen molar-refractivity contribution in [2.45, 2.75) is 12.8 Å². The normalized spacial score (nSPS) is 30.6. The molecule has 0 aromatic heterocycles. The second-order valence-electron chi connectivity index (χ2n) is 5.54. The van der Waals surface area contributed by atoms with Gasteiger partial charge >= 0.3 is 0 Å². The third kappa shape index (κ3) is 3.80. The zero-order valence-corrected chi connectivity index (χ0v) is 11.2. The molecular weight excluding hydrogens is 212 g/mol. The fourth-order valence-corrected chi connectivity index (χ4v) is 3.05. The first-order valence-corrected chi connectivity index (χ1v) is 6.86. The quantitative estimate of drug-likeness (QED) is 0.510. The Kier molecular flexibility index (Phi) is 5.01. The number of nitrogens with one attached hydrogen (secondary N) is 1. The Hall–Kier alpha value is -0.380. The largest absolute Gasteiger partial charge is 0.383 e. The molecule has 2 rings (SSSR count). The Bertz CT molecular complexity index is 255. The van der Waals surface area contributed by atoms with Gasteiger partial charge in [0.15, 0.2) is 0 Å². The lowest BCUT2D eigenvalue weighted by molar-refractivity contribution is 0.161. The minimum atomic E-state index is 0.827. The highest BCUT2D eigenvalue weighted by molar-refractivity contribution is 5.10. The maximum atomic E-state index is 5.06. The third-order valence-electron chi connectivity index (χ3n) is 4.17. The van der Waals surface area contributed by atoms with Gasteiger partial charge in [-0.25, -0.2) is 0 Å². The molecule has 0 radical (unpaired) electrons. The van der Waals surface area contributed by atoms with Crippen LogP contribution in [0.1, 0.15) is 12.8 Å². The van der Waals surface area contributed by atoms with Crippen molar-refractivity contribution in [3.05, 3.63) is 12.2 Å². The summed E-state index contributed by atoms with van der Waals surface area (Å²) in [6.45, 7) is 5.25. The topological polar surface area (TPSA) is 24.5 Å². The zero-order chi connectivity index (χ0) is 12.1. The summed E-state index contributed by atoms with van der Waals surface area (Å²) >= 11 is 0. The smallest absolute Gasteiger partial charge is 0.0589 e. The van der Waals surface area contributed by atoms with E-state index >= 15 is 0 Å². The van der Waals surface area contributed by atoms with Crippen LogP contribution < -0.4 is 5.32 Å². The van der Waals surface area contributed by atoms with Crippen LogP contribution >= 0.6 is 0 Å². The summed E-state index contributed by atoms with van der Waals surface area (Å²) in [7, 11) is 3.91. The number of ether oxygens (including phenoxy) is 1. The van der Waals surface area contributed by atoms with Crippen LogP contribution in [-0.2, 0) is 4.74 Å². The van der Waals surface area contributed by atoms with Gasteiger partial charge in [-0.1, -0.05) is 12.2 Å². The van der Waals surface area contributed by atoms with Gasteiger partial charge in [0.1, 0.15) is 0 Å². The van der Waals surface area contributed by atoms with Gasteiger partial charge in [-0.2, -0.15) is 0 Å². The Morgan fingerprint density at radius 2 is 2.18 bits per heavy atom. The summed E-state index contributed by atoms with van der Waals surface area (Å²) in [6, 6.07) is 0. The van der Waals surface area contributed by atoms with Crippen molar-refractivity contribution in [3.8, 4) is 0 Å². The van der Waals surface area contributed by atoms with Crippen molar-refractivity contribution < 1.29 is 4.74 Å². The van der Waals surface area contributed by atoms with Gasteiger partial charge in [-0.05, 0) is 44.2 Å². The molecular formula is C14H26N2O. The molecule has 3 unspecified atom stereocenters. The molecule has 17 heavy (non-hydrogen) atoms. The van der Waals surface area contributed by atoms with Gasteiger partial charge in [0.05, 0.1) is 6.61 Å². The standard InChI is InChI=1S/C14H26N2O/c1-16(7-8-17-2)6-5-15-11-14-10-12-3-4-13(14)9-12/h3-4,12-15H,5-11H2,1-2H3.